The smallest absolute Gasteiger partial charge is 0.161 e. The molecule has 0 saturated heterocycles. The third kappa shape index (κ3) is 2.95. The molecule has 1 N–H and O–H groups in total. The predicted octanol–water partition coefficient (Wildman–Crippen LogP) is 3.82. The Hall–Kier alpha value is -2.20. The Morgan fingerprint density at radius 1 is 1.04 bits per heavy atom. The van der Waals surface area contributed by atoms with Crippen molar-refractivity contribution in [2.24, 2.45) is 0 Å². The molecule has 4 nitrogen and oxygen atoms in total. The summed E-state index contributed by atoms with van der Waals surface area (Å²) in [6.07, 6.45) is 0.995. The second-order valence-corrected chi connectivity index (χ2v) is 6.99. The summed E-state index contributed by atoms with van der Waals surface area (Å²) in [7, 11) is 1.75. The minimum absolute atomic E-state index is 0.107. The number of benzene rings is 2. The Labute approximate surface area is 149 Å². The van der Waals surface area contributed by atoms with E-state index in [1.807, 2.05) is 0 Å². The van der Waals surface area contributed by atoms with Crippen LogP contribution in [-0.2, 0) is 6.42 Å². The van der Waals surface area contributed by atoms with Crippen molar-refractivity contribution in [2.45, 2.75) is 32.2 Å². The zero-order chi connectivity index (χ0) is 17.4. The van der Waals surface area contributed by atoms with E-state index in [4.69, 9.17) is 14.2 Å². The second kappa shape index (κ2) is 6.60. The van der Waals surface area contributed by atoms with Crippen LogP contribution in [-0.4, -0.2) is 26.9 Å². The molecule has 0 fully saturated rings. The van der Waals surface area contributed by atoms with Crippen molar-refractivity contribution in [3.63, 3.8) is 0 Å². The van der Waals surface area contributed by atoms with E-state index in [1.165, 1.54) is 22.3 Å². The topological polar surface area (TPSA) is 39.7 Å². The fourth-order valence-corrected chi connectivity index (χ4v) is 3.70. The third-order valence-electron chi connectivity index (χ3n) is 5.09. The summed E-state index contributed by atoms with van der Waals surface area (Å²) >= 11 is 0. The summed E-state index contributed by atoms with van der Waals surface area (Å²) in [5.74, 6) is 3.13. The zero-order valence-electron chi connectivity index (χ0n) is 15.1. The van der Waals surface area contributed by atoms with Crippen LogP contribution in [0.2, 0.25) is 0 Å². The van der Waals surface area contributed by atoms with Crippen molar-refractivity contribution >= 4 is 0 Å². The van der Waals surface area contributed by atoms with Gasteiger partial charge in [-0.1, -0.05) is 26.0 Å². The first kappa shape index (κ1) is 16.3. The fraction of sp³-hybridized carbons (Fsp3) is 0.429. The predicted molar refractivity (Wildman–Crippen MR) is 98.1 cm³/mol. The molecule has 0 saturated carbocycles. The number of hydrogen-bond donors (Lipinski definition) is 1. The summed E-state index contributed by atoms with van der Waals surface area (Å²) in [5.41, 5.74) is 5.04. The van der Waals surface area contributed by atoms with E-state index < -0.39 is 0 Å². The lowest BCUT2D eigenvalue weighted by Crippen LogP contribution is -2.31. The van der Waals surface area contributed by atoms with E-state index in [-0.39, 0.29) is 6.04 Å². The van der Waals surface area contributed by atoms with Gasteiger partial charge in [0.2, 0.25) is 0 Å². The van der Waals surface area contributed by atoms with E-state index in [2.05, 4.69) is 49.5 Å². The molecule has 0 spiro atoms. The first-order valence-corrected chi connectivity index (χ1v) is 9.01. The molecule has 2 aromatic carbocycles. The number of methoxy groups -OCH3 is 1. The number of ether oxygens (including phenoxy) is 3. The lowest BCUT2D eigenvalue weighted by molar-refractivity contribution is 0.171. The van der Waals surface area contributed by atoms with Crippen molar-refractivity contribution < 1.29 is 14.2 Å². The van der Waals surface area contributed by atoms with Gasteiger partial charge < -0.3 is 19.5 Å². The molecule has 25 heavy (non-hydrogen) atoms. The van der Waals surface area contributed by atoms with Gasteiger partial charge in [0.15, 0.2) is 11.5 Å². The van der Waals surface area contributed by atoms with Crippen molar-refractivity contribution in [3.8, 4) is 17.2 Å². The van der Waals surface area contributed by atoms with Gasteiger partial charge in [0.05, 0.1) is 13.2 Å². The van der Waals surface area contributed by atoms with Crippen molar-refractivity contribution in [1.82, 2.24) is 5.32 Å². The molecule has 2 aliphatic rings. The molecule has 2 aliphatic heterocycles. The van der Waals surface area contributed by atoms with Gasteiger partial charge in [-0.2, -0.15) is 0 Å². The third-order valence-corrected chi connectivity index (χ3v) is 5.09. The molecule has 1 unspecified atom stereocenters. The molecule has 4 heteroatoms. The quantitative estimate of drug-likeness (QED) is 0.923. The van der Waals surface area contributed by atoms with Gasteiger partial charge in [-0.25, -0.2) is 0 Å². The first-order valence-electron chi connectivity index (χ1n) is 9.01. The molecule has 1 atom stereocenters. The highest BCUT2D eigenvalue weighted by Crippen LogP contribution is 2.41. The average molecular weight is 339 g/mol. The lowest BCUT2D eigenvalue weighted by atomic mass is 9.87. The van der Waals surface area contributed by atoms with Gasteiger partial charge in [-0.05, 0) is 47.2 Å². The second-order valence-electron chi connectivity index (χ2n) is 6.99. The summed E-state index contributed by atoms with van der Waals surface area (Å²) in [4.78, 5) is 0. The minimum Gasteiger partial charge on any atom is -0.496 e. The highest BCUT2D eigenvalue weighted by molar-refractivity contribution is 5.54. The highest BCUT2D eigenvalue weighted by Gasteiger charge is 2.27. The normalized spacial score (nSPS) is 18.8. The van der Waals surface area contributed by atoms with Crippen LogP contribution >= 0.6 is 0 Å². The van der Waals surface area contributed by atoms with Crippen LogP contribution in [0.3, 0.4) is 0 Å². The van der Waals surface area contributed by atoms with E-state index >= 15 is 0 Å². The van der Waals surface area contributed by atoms with Crippen LogP contribution in [0, 0.1) is 0 Å². The molecule has 2 aromatic rings. The number of rotatable bonds is 3. The summed E-state index contributed by atoms with van der Waals surface area (Å²) in [6.45, 7) is 6.57. The van der Waals surface area contributed by atoms with Crippen LogP contribution in [0.15, 0.2) is 30.3 Å². The van der Waals surface area contributed by atoms with Gasteiger partial charge in [0, 0.05) is 12.1 Å². The molecule has 0 bridgehead atoms. The van der Waals surface area contributed by atoms with E-state index in [9.17, 15) is 0 Å². The lowest BCUT2D eigenvalue weighted by Gasteiger charge is -2.31. The van der Waals surface area contributed by atoms with Crippen LogP contribution in [0.25, 0.3) is 0 Å². The van der Waals surface area contributed by atoms with Gasteiger partial charge in [0.25, 0.3) is 0 Å². The highest BCUT2D eigenvalue weighted by atomic mass is 16.6. The van der Waals surface area contributed by atoms with Gasteiger partial charge in [-0.3, -0.25) is 0 Å². The van der Waals surface area contributed by atoms with Crippen molar-refractivity contribution in [3.05, 3.63) is 52.6 Å². The minimum atomic E-state index is 0.107. The Kier molecular flexibility index (Phi) is 4.30. The molecular formula is C21H25NO3. The van der Waals surface area contributed by atoms with Crippen LogP contribution in [0.4, 0.5) is 0 Å². The molecule has 0 aromatic heterocycles. The monoisotopic (exact) mass is 339 g/mol. The van der Waals surface area contributed by atoms with Crippen molar-refractivity contribution in [2.75, 3.05) is 26.9 Å². The molecule has 0 aliphatic carbocycles. The maximum atomic E-state index is 5.80. The van der Waals surface area contributed by atoms with Crippen LogP contribution in [0.5, 0.6) is 17.2 Å². The Morgan fingerprint density at radius 2 is 1.80 bits per heavy atom. The van der Waals surface area contributed by atoms with Crippen LogP contribution in [0.1, 0.15) is 48.1 Å². The summed E-state index contributed by atoms with van der Waals surface area (Å²) in [5, 5.41) is 3.65. The molecule has 0 radical (unpaired) electrons. The van der Waals surface area contributed by atoms with E-state index in [1.54, 1.807) is 7.11 Å². The first-order chi connectivity index (χ1) is 12.2. The maximum absolute atomic E-state index is 5.80. The molecule has 2 heterocycles. The Balaban J connectivity index is 1.78. The van der Waals surface area contributed by atoms with E-state index in [0.717, 1.165) is 30.2 Å². The SMILES string of the molecule is COc1cc(C(C)C)ccc1C1NCCc2cc3c(cc21)OCCO3. The van der Waals surface area contributed by atoms with Crippen LogP contribution < -0.4 is 19.5 Å². The van der Waals surface area contributed by atoms with Gasteiger partial charge in [-0.15, -0.1) is 0 Å². The molecular weight excluding hydrogens is 314 g/mol. The Morgan fingerprint density at radius 3 is 2.52 bits per heavy atom. The summed E-state index contributed by atoms with van der Waals surface area (Å²) in [6, 6.07) is 10.9. The average Bonchev–Trinajstić information content (AvgIpc) is 2.65. The standard InChI is InChI=1S/C21H25NO3/c1-13(2)14-4-5-16(18(10-14)23-3)21-17-12-20-19(24-8-9-25-20)11-15(17)6-7-22-21/h4-5,10-13,21-22H,6-9H2,1-3H3. The van der Waals surface area contributed by atoms with Crippen molar-refractivity contribution in [1.29, 1.82) is 0 Å². The maximum Gasteiger partial charge on any atom is 0.161 e. The Bertz CT molecular complexity index is 785. The number of hydrogen-bond acceptors (Lipinski definition) is 4. The number of nitrogens with one attached hydrogen (secondary N) is 1. The largest absolute Gasteiger partial charge is 0.496 e. The number of fused-ring (bicyclic) bond motifs is 2. The molecule has 132 valence electrons. The fourth-order valence-electron chi connectivity index (χ4n) is 3.70. The van der Waals surface area contributed by atoms with Gasteiger partial charge >= 0.3 is 0 Å². The summed E-state index contributed by atoms with van der Waals surface area (Å²) < 4.78 is 17.3. The molecule has 0 amide bonds. The zero-order valence-corrected chi connectivity index (χ0v) is 15.1. The molecule has 4 rings (SSSR count). The van der Waals surface area contributed by atoms with E-state index in [0.29, 0.717) is 19.1 Å². The van der Waals surface area contributed by atoms with Gasteiger partial charge in [0.1, 0.15) is 19.0 Å².